The highest BCUT2D eigenvalue weighted by atomic mass is 32.2. The zero-order valence-corrected chi connectivity index (χ0v) is 19.3. The van der Waals surface area contributed by atoms with E-state index in [4.69, 9.17) is 4.74 Å². The Bertz CT molecular complexity index is 1180. The highest BCUT2D eigenvalue weighted by Gasteiger charge is 2.26. The van der Waals surface area contributed by atoms with Crippen LogP contribution in [0.15, 0.2) is 53.4 Å². The first-order valence-electron chi connectivity index (χ1n) is 10.4. The number of carbonyl (C=O) groups is 1. The molecule has 1 amide bonds. The molecule has 0 atom stereocenters. The fourth-order valence-corrected chi connectivity index (χ4v) is 5.83. The predicted octanol–water partition coefficient (Wildman–Crippen LogP) is 4.03. The fraction of sp³-hybridized carbons (Fsp3) is 0.318. The third kappa shape index (κ3) is 4.98. The lowest BCUT2D eigenvalue weighted by atomic mass is 10.2. The van der Waals surface area contributed by atoms with Crippen LogP contribution in [0.3, 0.4) is 0 Å². The van der Waals surface area contributed by atoms with Crippen molar-refractivity contribution in [1.82, 2.24) is 14.5 Å². The summed E-state index contributed by atoms with van der Waals surface area (Å²) in [5.74, 6) is 0.303. The highest BCUT2D eigenvalue weighted by Crippen LogP contribution is 2.28. The molecule has 2 aromatic carbocycles. The van der Waals surface area contributed by atoms with Gasteiger partial charge in [0, 0.05) is 24.2 Å². The average molecular weight is 473 g/mol. The van der Waals surface area contributed by atoms with Crippen molar-refractivity contribution in [3.63, 3.8) is 0 Å². The van der Waals surface area contributed by atoms with Crippen LogP contribution >= 0.6 is 11.3 Å². The Balaban J connectivity index is 1.49. The van der Waals surface area contributed by atoms with Crippen molar-refractivity contribution in [1.29, 1.82) is 0 Å². The van der Waals surface area contributed by atoms with E-state index in [-0.39, 0.29) is 10.5 Å². The van der Waals surface area contributed by atoms with E-state index in [0.717, 1.165) is 37.0 Å². The van der Waals surface area contributed by atoms with Crippen LogP contribution in [-0.4, -0.2) is 49.0 Å². The third-order valence-electron chi connectivity index (χ3n) is 5.28. The van der Waals surface area contributed by atoms with Crippen molar-refractivity contribution in [3.8, 4) is 16.3 Å². The summed E-state index contributed by atoms with van der Waals surface area (Å²) in [4.78, 5) is 12.9. The first-order chi connectivity index (χ1) is 15.5. The van der Waals surface area contributed by atoms with Gasteiger partial charge in [-0.1, -0.05) is 30.2 Å². The molecule has 3 aromatic rings. The Hall–Kier alpha value is -2.82. The largest absolute Gasteiger partial charge is 0.497 e. The van der Waals surface area contributed by atoms with Crippen molar-refractivity contribution in [2.75, 3.05) is 25.5 Å². The maximum Gasteiger partial charge on any atom is 0.257 e. The highest BCUT2D eigenvalue weighted by molar-refractivity contribution is 7.89. The average Bonchev–Trinajstić information content (AvgIpc) is 3.10. The van der Waals surface area contributed by atoms with Gasteiger partial charge in [-0.05, 0) is 55.3 Å². The molecule has 1 fully saturated rings. The predicted molar refractivity (Wildman–Crippen MR) is 124 cm³/mol. The number of anilines is 1. The second kappa shape index (κ2) is 9.76. The molecule has 0 aliphatic carbocycles. The van der Waals surface area contributed by atoms with Gasteiger partial charge in [0.15, 0.2) is 0 Å². The molecule has 0 saturated carbocycles. The zero-order valence-electron chi connectivity index (χ0n) is 17.7. The SMILES string of the molecule is COc1ccc(-c2nnc(NC(=O)c3cccc(S(=O)(=O)N4CCCCCC4)c3)s2)cc1. The van der Waals surface area contributed by atoms with Crippen LogP contribution in [0.1, 0.15) is 36.0 Å². The van der Waals surface area contributed by atoms with E-state index in [1.54, 1.807) is 19.2 Å². The van der Waals surface area contributed by atoms with Crippen molar-refractivity contribution in [2.24, 2.45) is 0 Å². The normalized spacial score (nSPS) is 15.2. The summed E-state index contributed by atoms with van der Waals surface area (Å²) < 4.78 is 32.8. The number of rotatable bonds is 6. The Kier molecular flexibility index (Phi) is 6.83. The van der Waals surface area contributed by atoms with Gasteiger partial charge in [-0.3, -0.25) is 10.1 Å². The van der Waals surface area contributed by atoms with Crippen molar-refractivity contribution < 1.29 is 17.9 Å². The van der Waals surface area contributed by atoms with E-state index in [1.165, 1.54) is 27.8 Å². The van der Waals surface area contributed by atoms with Crippen LogP contribution in [-0.2, 0) is 10.0 Å². The standard InChI is InChI=1S/C22H24N4O4S2/c1-30-18-11-9-16(10-12-18)21-24-25-22(31-21)23-20(27)17-7-6-8-19(15-17)32(28,29)26-13-4-2-3-5-14-26/h6-12,15H,2-5,13-14H2,1H3,(H,23,25,27). The summed E-state index contributed by atoms with van der Waals surface area (Å²) in [6.07, 6.45) is 3.78. The minimum Gasteiger partial charge on any atom is -0.497 e. The minimum atomic E-state index is -3.63. The zero-order chi connectivity index (χ0) is 22.6. The molecule has 32 heavy (non-hydrogen) atoms. The van der Waals surface area contributed by atoms with E-state index < -0.39 is 15.9 Å². The van der Waals surface area contributed by atoms with Gasteiger partial charge in [-0.25, -0.2) is 8.42 Å². The number of nitrogens with zero attached hydrogens (tertiary/aromatic N) is 3. The number of methoxy groups -OCH3 is 1. The number of nitrogens with one attached hydrogen (secondary N) is 1. The van der Waals surface area contributed by atoms with Gasteiger partial charge in [0.05, 0.1) is 12.0 Å². The molecular formula is C22H24N4O4S2. The van der Waals surface area contributed by atoms with Crippen molar-refractivity contribution in [2.45, 2.75) is 30.6 Å². The van der Waals surface area contributed by atoms with Gasteiger partial charge in [-0.15, -0.1) is 10.2 Å². The maximum atomic E-state index is 13.0. The van der Waals surface area contributed by atoms with E-state index >= 15 is 0 Å². The minimum absolute atomic E-state index is 0.128. The quantitative estimate of drug-likeness (QED) is 0.581. The number of amides is 1. The number of benzene rings is 2. The number of carbonyl (C=O) groups excluding carboxylic acids is 1. The smallest absolute Gasteiger partial charge is 0.257 e. The summed E-state index contributed by atoms with van der Waals surface area (Å²) in [6.45, 7) is 1.02. The molecular weight excluding hydrogens is 448 g/mol. The number of sulfonamides is 1. The molecule has 1 aliphatic heterocycles. The first-order valence-corrected chi connectivity index (χ1v) is 12.6. The van der Waals surface area contributed by atoms with Crippen LogP contribution in [0.4, 0.5) is 5.13 Å². The van der Waals surface area contributed by atoms with E-state index in [0.29, 0.717) is 23.2 Å². The molecule has 1 N–H and O–H groups in total. The molecule has 0 radical (unpaired) electrons. The third-order valence-corrected chi connectivity index (χ3v) is 8.06. The molecule has 10 heteroatoms. The Morgan fingerprint density at radius 3 is 2.44 bits per heavy atom. The first kappa shape index (κ1) is 22.4. The van der Waals surface area contributed by atoms with Gasteiger partial charge in [0.2, 0.25) is 15.2 Å². The monoisotopic (exact) mass is 472 g/mol. The van der Waals surface area contributed by atoms with Crippen LogP contribution in [0.25, 0.3) is 10.6 Å². The molecule has 168 valence electrons. The lowest BCUT2D eigenvalue weighted by Gasteiger charge is -2.20. The van der Waals surface area contributed by atoms with Gasteiger partial charge >= 0.3 is 0 Å². The number of hydrogen-bond acceptors (Lipinski definition) is 7. The lowest BCUT2D eigenvalue weighted by molar-refractivity contribution is 0.102. The topological polar surface area (TPSA) is 101 Å². The summed E-state index contributed by atoms with van der Waals surface area (Å²) in [5.41, 5.74) is 1.11. The summed E-state index contributed by atoms with van der Waals surface area (Å²) >= 11 is 1.24. The summed E-state index contributed by atoms with van der Waals surface area (Å²) in [7, 11) is -2.04. The molecule has 2 heterocycles. The van der Waals surface area contributed by atoms with Crippen LogP contribution in [0.5, 0.6) is 5.75 Å². The maximum absolute atomic E-state index is 13.0. The van der Waals surface area contributed by atoms with Gasteiger partial charge in [0.1, 0.15) is 10.8 Å². The molecule has 4 rings (SSSR count). The Morgan fingerprint density at radius 1 is 1.03 bits per heavy atom. The summed E-state index contributed by atoms with van der Waals surface area (Å²) in [5, 5.41) is 11.9. The molecule has 1 aliphatic rings. The molecule has 1 saturated heterocycles. The van der Waals surface area contributed by atoms with Gasteiger partial charge < -0.3 is 4.74 Å². The molecule has 0 unspecified atom stereocenters. The van der Waals surface area contributed by atoms with E-state index in [9.17, 15) is 13.2 Å². The van der Waals surface area contributed by atoms with Crippen LogP contribution in [0.2, 0.25) is 0 Å². The summed E-state index contributed by atoms with van der Waals surface area (Å²) in [6, 6.07) is 13.5. The fourth-order valence-electron chi connectivity index (χ4n) is 3.52. The molecule has 8 nitrogen and oxygen atoms in total. The Labute approximate surface area is 191 Å². The molecule has 1 aromatic heterocycles. The van der Waals surface area contributed by atoms with Crippen LogP contribution in [0, 0.1) is 0 Å². The molecule has 0 spiro atoms. The van der Waals surface area contributed by atoms with E-state index in [1.807, 2.05) is 24.3 Å². The number of aromatic nitrogens is 2. The number of ether oxygens (including phenoxy) is 1. The Morgan fingerprint density at radius 2 is 1.75 bits per heavy atom. The second-order valence-electron chi connectivity index (χ2n) is 7.44. The van der Waals surface area contributed by atoms with E-state index in [2.05, 4.69) is 15.5 Å². The van der Waals surface area contributed by atoms with Crippen LogP contribution < -0.4 is 10.1 Å². The second-order valence-corrected chi connectivity index (χ2v) is 10.4. The van der Waals surface area contributed by atoms with Gasteiger partial charge in [0.25, 0.3) is 5.91 Å². The van der Waals surface area contributed by atoms with Gasteiger partial charge in [-0.2, -0.15) is 4.31 Å². The molecule has 0 bridgehead atoms. The van der Waals surface area contributed by atoms with Crippen molar-refractivity contribution in [3.05, 3.63) is 54.1 Å². The number of hydrogen-bond donors (Lipinski definition) is 1. The lowest BCUT2D eigenvalue weighted by Crippen LogP contribution is -2.32. The van der Waals surface area contributed by atoms with Crippen molar-refractivity contribution >= 4 is 32.4 Å².